The Morgan fingerprint density at radius 2 is 1.81 bits per heavy atom. The molecule has 1 N–H and O–H groups in total. The van der Waals surface area contributed by atoms with E-state index >= 15 is 0 Å². The molecule has 0 fully saturated rings. The van der Waals surface area contributed by atoms with E-state index in [1.165, 1.54) is 6.07 Å². The normalized spacial score (nSPS) is 10.8. The van der Waals surface area contributed by atoms with E-state index in [9.17, 15) is 9.59 Å². The van der Waals surface area contributed by atoms with Crippen molar-refractivity contribution in [3.8, 4) is 11.3 Å². The van der Waals surface area contributed by atoms with Crippen molar-refractivity contribution in [1.82, 2.24) is 15.0 Å². The average Bonchev–Trinajstić information content (AvgIpc) is 3.19. The fraction of sp³-hybridized carbons (Fsp3) is 0.0952. The number of carbonyl (C=O) groups excluding carboxylic acids is 1. The molecule has 0 saturated heterocycles. The smallest absolute Gasteiger partial charge is 0.240 e. The summed E-state index contributed by atoms with van der Waals surface area (Å²) in [6.07, 6.45) is 1.63. The van der Waals surface area contributed by atoms with Gasteiger partial charge in [-0.25, -0.2) is 0 Å². The number of benzene rings is 2. The number of amides is 1. The molecule has 2 aromatic carbocycles. The van der Waals surface area contributed by atoms with Crippen LogP contribution in [0.25, 0.3) is 22.2 Å². The number of nitrogens with one attached hydrogen (secondary N) is 1. The van der Waals surface area contributed by atoms with E-state index in [2.05, 4.69) is 10.5 Å². The summed E-state index contributed by atoms with van der Waals surface area (Å²) in [6, 6.07) is 20.2. The molecule has 0 saturated carbocycles. The predicted molar refractivity (Wildman–Crippen MR) is 102 cm³/mol. The van der Waals surface area contributed by atoms with Gasteiger partial charge in [-0.3, -0.25) is 9.59 Å². The van der Waals surface area contributed by atoms with E-state index in [0.29, 0.717) is 16.8 Å². The zero-order valence-corrected chi connectivity index (χ0v) is 14.5. The van der Waals surface area contributed by atoms with Crippen LogP contribution in [0.2, 0.25) is 0 Å². The molecule has 0 atom stereocenters. The summed E-state index contributed by atoms with van der Waals surface area (Å²) in [5.41, 5.74) is 2.25. The molecule has 27 heavy (non-hydrogen) atoms. The first-order chi connectivity index (χ1) is 13.2. The molecular weight excluding hydrogens is 342 g/mol. The number of hydrogen-bond acceptors (Lipinski definition) is 4. The Kier molecular flexibility index (Phi) is 4.53. The van der Waals surface area contributed by atoms with Crippen LogP contribution in [0.1, 0.15) is 5.69 Å². The highest BCUT2D eigenvalue weighted by Gasteiger charge is 2.09. The SMILES string of the molecule is O=C(Cn1ccc(=O)c2ccccc21)NCc1cc(-c2ccccc2)on1. The molecule has 4 rings (SSSR count). The van der Waals surface area contributed by atoms with Gasteiger partial charge in [0.2, 0.25) is 5.91 Å². The van der Waals surface area contributed by atoms with Gasteiger partial charge in [0.05, 0.1) is 12.1 Å². The highest BCUT2D eigenvalue weighted by atomic mass is 16.5. The van der Waals surface area contributed by atoms with Crippen LogP contribution >= 0.6 is 0 Å². The molecule has 0 radical (unpaired) electrons. The van der Waals surface area contributed by atoms with Gasteiger partial charge in [-0.1, -0.05) is 47.6 Å². The lowest BCUT2D eigenvalue weighted by Gasteiger charge is -2.10. The molecule has 6 nitrogen and oxygen atoms in total. The van der Waals surface area contributed by atoms with Gasteiger partial charge in [-0.15, -0.1) is 0 Å². The summed E-state index contributed by atoms with van der Waals surface area (Å²) in [4.78, 5) is 24.2. The van der Waals surface area contributed by atoms with Gasteiger partial charge in [-0.05, 0) is 12.1 Å². The molecule has 6 heteroatoms. The lowest BCUT2D eigenvalue weighted by molar-refractivity contribution is -0.121. The second-order valence-electron chi connectivity index (χ2n) is 6.15. The molecule has 0 aliphatic heterocycles. The maximum absolute atomic E-state index is 12.3. The number of hydrogen-bond donors (Lipinski definition) is 1. The van der Waals surface area contributed by atoms with Crippen LogP contribution in [0.3, 0.4) is 0 Å². The van der Waals surface area contributed by atoms with Gasteiger partial charge in [0, 0.05) is 29.3 Å². The molecule has 0 unspecified atom stereocenters. The number of pyridine rings is 1. The Labute approximate surface area is 155 Å². The van der Waals surface area contributed by atoms with E-state index in [1.807, 2.05) is 54.6 Å². The Balaban J connectivity index is 1.43. The van der Waals surface area contributed by atoms with Gasteiger partial charge in [0.25, 0.3) is 0 Å². The Morgan fingerprint density at radius 1 is 1.04 bits per heavy atom. The maximum atomic E-state index is 12.3. The van der Waals surface area contributed by atoms with E-state index in [0.717, 1.165) is 11.1 Å². The van der Waals surface area contributed by atoms with E-state index in [4.69, 9.17) is 4.52 Å². The van der Waals surface area contributed by atoms with Crippen molar-refractivity contribution in [1.29, 1.82) is 0 Å². The van der Waals surface area contributed by atoms with Crippen LogP contribution in [0, 0.1) is 0 Å². The van der Waals surface area contributed by atoms with Crippen molar-refractivity contribution in [2.45, 2.75) is 13.1 Å². The van der Waals surface area contributed by atoms with Crippen molar-refractivity contribution in [2.75, 3.05) is 0 Å². The number of rotatable bonds is 5. The third kappa shape index (κ3) is 3.64. The standard InChI is InChI=1S/C21H17N3O3/c25-19-10-11-24(18-9-5-4-8-17(18)19)14-21(26)22-13-16-12-20(27-23-16)15-6-2-1-3-7-15/h1-12H,13-14H2,(H,22,26). The molecule has 4 aromatic rings. The largest absolute Gasteiger partial charge is 0.356 e. The van der Waals surface area contributed by atoms with Gasteiger partial charge < -0.3 is 14.4 Å². The van der Waals surface area contributed by atoms with Crippen LogP contribution in [-0.2, 0) is 17.9 Å². The first-order valence-corrected chi connectivity index (χ1v) is 8.56. The molecule has 1 amide bonds. The summed E-state index contributed by atoms with van der Waals surface area (Å²) in [5.74, 6) is 0.485. The van der Waals surface area contributed by atoms with Gasteiger partial charge in [0.1, 0.15) is 12.2 Å². The zero-order valence-electron chi connectivity index (χ0n) is 14.5. The minimum atomic E-state index is -0.173. The number of nitrogens with zero attached hydrogens (tertiary/aromatic N) is 2. The highest BCUT2D eigenvalue weighted by Crippen LogP contribution is 2.19. The third-order valence-electron chi connectivity index (χ3n) is 4.28. The van der Waals surface area contributed by atoms with Crippen LogP contribution in [0.15, 0.2) is 82.2 Å². The topological polar surface area (TPSA) is 77.1 Å². The van der Waals surface area contributed by atoms with Gasteiger partial charge in [-0.2, -0.15) is 0 Å². The quantitative estimate of drug-likeness (QED) is 0.594. The maximum Gasteiger partial charge on any atom is 0.240 e. The number of fused-ring (bicyclic) bond motifs is 1. The summed E-state index contributed by atoms with van der Waals surface area (Å²) in [5, 5.41) is 7.42. The Hall–Kier alpha value is -3.67. The lowest BCUT2D eigenvalue weighted by Crippen LogP contribution is -2.27. The van der Waals surface area contributed by atoms with Crippen molar-refractivity contribution < 1.29 is 9.32 Å². The molecule has 0 spiro atoms. The molecule has 0 bridgehead atoms. The molecule has 2 heterocycles. The second-order valence-corrected chi connectivity index (χ2v) is 6.15. The van der Waals surface area contributed by atoms with Crippen molar-refractivity contribution >= 4 is 16.8 Å². The predicted octanol–water partition coefficient (Wildman–Crippen LogP) is 2.97. The number of carbonyl (C=O) groups is 1. The highest BCUT2D eigenvalue weighted by molar-refractivity contribution is 5.82. The van der Waals surface area contributed by atoms with Gasteiger partial charge >= 0.3 is 0 Å². The van der Waals surface area contributed by atoms with Gasteiger partial charge in [0.15, 0.2) is 11.2 Å². The van der Waals surface area contributed by atoms with E-state index in [1.54, 1.807) is 16.8 Å². The van der Waals surface area contributed by atoms with E-state index < -0.39 is 0 Å². The van der Waals surface area contributed by atoms with Crippen LogP contribution in [-0.4, -0.2) is 15.6 Å². The molecule has 0 aliphatic carbocycles. The van der Waals surface area contributed by atoms with Crippen LogP contribution < -0.4 is 10.7 Å². The monoisotopic (exact) mass is 359 g/mol. The fourth-order valence-corrected chi connectivity index (χ4v) is 2.93. The van der Waals surface area contributed by atoms with Crippen molar-refractivity contribution in [3.63, 3.8) is 0 Å². The van der Waals surface area contributed by atoms with Crippen molar-refractivity contribution in [3.05, 3.63) is 88.8 Å². The summed E-state index contributed by atoms with van der Waals surface area (Å²) < 4.78 is 7.09. The minimum absolute atomic E-state index is 0.0571. The molecule has 2 aromatic heterocycles. The molecular formula is C21H17N3O3. The molecule has 0 aliphatic rings. The summed E-state index contributed by atoms with van der Waals surface area (Å²) >= 11 is 0. The average molecular weight is 359 g/mol. The Bertz CT molecular complexity index is 1150. The van der Waals surface area contributed by atoms with E-state index in [-0.39, 0.29) is 24.4 Å². The first kappa shape index (κ1) is 16.8. The first-order valence-electron chi connectivity index (χ1n) is 8.56. The number of para-hydroxylation sites is 1. The third-order valence-corrected chi connectivity index (χ3v) is 4.28. The van der Waals surface area contributed by atoms with Crippen LogP contribution in [0.5, 0.6) is 0 Å². The fourth-order valence-electron chi connectivity index (χ4n) is 2.93. The molecule has 134 valence electrons. The Morgan fingerprint density at radius 3 is 2.67 bits per heavy atom. The zero-order chi connectivity index (χ0) is 18.6. The summed E-state index contributed by atoms with van der Waals surface area (Å²) in [6.45, 7) is 0.386. The lowest BCUT2D eigenvalue weighted by atomic mass is 10.2. The van der Waals surface area contributed by atoms with Crippen LogP contribution in [0.4, 0.5) is 0 Å². The number of aromatic nitrogens is 2. The summed E-state index contributed by atoms with van der Waals surface area (Å²) in [7, 11) is 0. The van der Waals surface area contributed by atoms with Crippen molar-refractivity contribution in [2.24, 2.45) is 0 Å². The second kappa shape index (κ2) is 7.29. The minimum Gasteiger partial charge on any atom is -0.356 e.